The molecule has 2 atom stereocenters. The molecule has 4 aliphatic rings. The van der Waals surface area contributed by atoms with Crippen molar-refractivity contribution in [2.24, 2.45) is 23.2 Å². The van der Waals surface area contributed by atoms with E-state index in [4.69, 9.17) is 0 Å². The summed E-state index contributed by atoms with van der Waals surface area (Å²) in [5, 5.41) is 16.2. The second-order valence-electron chi connectivity index (χ2n) is 9.26. The van der Waals surface area contributed by atoms with Crippen LogP contribution in [0, 0.1) is 23.2 Å². The summed E-state index contributed by atoms with van der Waals surface area (Å²) in [6, 6.07) is 0. The van der Waals surface area contributed by atoms with Gasteiger partial charge in [0.2, 0.25) is 16.9 Å². The van der Waals surface area contributed by atoms with Crippen LogP contribution in [0.25, 0.3) is 0 Å². The van der Waals surface area contributed by atoms with Gasteiger partial charge in [0.05, 0.1) is 5.41 Å². The topological polar surface area (TPSA) is 84.0 Å². The molecule has 6 nitrogen and oxygen atoms in total. The lowest BCUT2D eigenvalue weighted by Gasteiger charge is -2.61. The fraction of sp³-hybridized carbons (Fsp3) is 0.789. The first-order valence-corrected chi connectivity index (χ1v) is 10.5. The number of aromatic nitrogens is 2. The molecule has 0 unspecified atom stereocenters. The molecule has 1 aromatic heterocycles. The van der Waals surface area contributed by atoms with E-state index in [0.29, 0.717) is 22.9 Å². The third-order valence-corrected chi connectivity index (χ3v) is 7.12. The molecule has 0 spiro atoms. The number of anilines is 1. The first-order valence-electron chi connectivity index (χ1n) is 9.70. The Morgan fingerprint density at radius 3 is 2.50 bits per heavy atom. The van der Waals surface area contributed by atoms with E-state index in [2.05, 4.69) is 34.7 Å². The lowest BCUT2D eigenvalue weighted by atomic mass is 9.46. The van der Waals surface area contributed by atoms with Crippen molar-refractivity contribution < 1.29 is 9.59 Å². The Kier molecular flexibility index (Phi) is 4.33. The minimum atomic E-state index is -0.365. The summed E-state index contributed by atoms with van der Waals surface area (Å²) in [6.07, 6.45) is 6.77. The molecule has 0 aromatic carbocycles. The van der Waals surface area contributed by atoms with E-state index in [1.165, 1.54) is 17.8 Å². The van der Waals surface area contributed by atoms with Crippen molar-refractivity contribution in [2.75, 3.05) is 5.32 Å². The smallest absolute Gasteiger partial charge is 0.232 e. The van der Waals surface area contributed by atoms with Crippen LogP contribution in [-0.2, 0) is 16.0 Å². The predicted octanol–water partition coefficient (Wildman–Crippen LogP) is 3.15. The number of carbonyl (C=O) groups is 2. The van der Waals surface area contributed by atoms with E-state index in [1.54, 1.807) is 6.92 Å². The van der Waals surface area contributed by atoms with Gasteiger partial charge in [-0.15, -0.1) is 10.2 Å². The Morgan fingerprint density at radius 2 is 1.88 bits per heavy atom. The minimum absolute atomic E-state index is 0.0185. The number of rotatable bonds is 5. The molecular weight excluding hydrogens is 348 g/mol. The van der Waals surface area contributed by atoms with Crippen molar-refractivity contribution in [2.45, 2.75) is 71.3 Å². The fourth-order valence-electron chi connectivity index (χ4n) is 6.01. The monoisotopic (exact) mass is 376 g/mol. The first-order chi connectivity index (χ1) is 12.3. The number of hydrogen-bond acceptors (Lipinski definition) is 5. The summed E-state index contributed by atoms with van der Waals surface area (Å²) in [6.45, 7) is 5.88. The van der Waals surface area contributed by atoms with Gasteiger partial charge in [0, 0.05) is 18.9 Å². The molecule has 5 rings (SSSR count). The maximum absolute atomic E-state index is 13.2. The van der Waals surface area contributed by atoms with Gasteiger partial charge in [-0.25, -0.2) is 0 Å². The molecule has 7 heteroatoms. The quantitative estimate of drug-likeness (QED) is 0.827. The molecule has 26 heavy (non-hydrogen) atoms. The third-order valence-electron chi connectivity index (χ3n) is 6.25. The zero-order chi connectivity index (χ0) is 18.5. The van der Waals surface area contributed by atoms with Crippen LogP contribution in [0.5, 0.6) is 0 Å². The summed E-state index contributed by atoms with van der Waals surface area (Å²) >= 11 is 1.48. The Morgan fingerprint density at radius 1 is 1.19 bits per heavy atom. The SMILES string of the molecule is CC(=O)NC12C[C@H]3C[C@H](C1)CC(C(=O)Nc1nnc(CC(C)C)s1)(C3)C2. The number of nitrogens with one attached hydrogen (secondary N) is 2. The lowest BCUT2D eigenvalue weighted by molar-refractivity contribution is -0.148. The van der Waals surface area contributed by atoms with Gasteiger partial charge in [-0.05, 0) is 56.3 Å². The van der Waals surface area contributed by atoms with Gasteiger partial charge < -0.3 is 10.6 Å². The van der Waals surface area contributed by atoms with Gasteiger partial charge in [-0.3, -0.25) is 9.59 Å². The Bertz CT molecular complexity index is 715. The second-order valence-corrected chi connectivity index (χ2v) is 10.3. The van der Waals surface area contributed by atoms with E-state index >= 15 is 0 Å². The molecule has 1 aromatic rings. The van der Waals surface area contributed by atoms with Crippen LogP contribution in [0.1, 0.15) is 64.3 Å². The van der Waals surface area contributed by atoms with Crippen molar-refractivity contribution in [3.63, 3.8) is 0 Å². The Balaban J connectivity index is 1.52. The molecule has 0 radical (unpaired) electrons. The molecule has 1 heterocycles. The lowest BCUT2D eigenvalue weighted by Crippen LogP contribution is -2.65. The predicted molar refractivity (Wildman–Crippen MR) is 101 cm³/mol. The minimum Gasteiger partial charge on any atom is -0.351 e. The van der Waals surface area contributed by atoms with E-state index < -0.39 is 0 Å². The van der Waals surface area contributed by atoms with E-state index in [-0.39, 0.29) is 22.8 Å². The Labute approximate surface area is 158 Å². The Hall–Kier alpha value is -1.50. The first kappa shape index (κ1) is 17.9. The number of carbonyl (C=O) groups excluding carboxylic acids is 2. The molecule has 4 bridgehead atoms. The zero-order valence-electron chi connectivity index (χ0n) is 15.8. The van der Waals surface area contributed by atoms with Crippen LogP contribution in [0.3, 0.4) is 0 Å². The van der Waals surface area contributed by atoms with Gasteiger partial charge >= 0.3 is 0 Å². The molecule has 2 amide bonds. The summed E-state index contributed by atoms with van der Waals surface area (Å²) in [7, 11) is 0. The average Bonchev–Trinajstić information content (AvgIpc) is 2.90. The summed E-state index contributed by atoms with van der Waals surface area (Å²) in [5.74, 6) is 1.70. The van der Waals surface area contributed by atoms with Gasteiger partial charge in [0.1, 0.15) is 5.01 Å². The summed E-state index contributed by atoms with van der Waals surface area (Å²) < 4.78 is 0. The number of nitrogens with zero attached hydrogens (tertiary/aromatic N) is 2. The van der Waals surface area contributed by atoms with Gasteiger partial charge in [-0.1, -0.05) is 25.2 Å². The van der Waals surface area contributed by atoms with Gasteiger partial charge in [0.15, 0.2) is 0 Å². The second kappa shape index (κ2) is 6.29. The highest BCUT2D eigenvalue weighted by Gasteiger charge is 2.60. The van der Waals surface area contributed by atoms with Crippen molar-refractivity contribution in [1.29, 1.82) is 0 Å². The molecule has 0 saturated heterocycles. The van der Waals surface area contributed by atoms with E-state index in [1.807, 2.05) is 0 Å². The fourth-order valence-corrected chi connectivity index (χ4v) is 6.96. The van der Waals surface area contributed by atoms with Crippen LogP contribution in [-0.4, -0.2) is 27.6 Å². The molecule has 4 aliphatic carbocycles. The van der Waals surface area contributed by atoms with Gasteiger partial charge in [-0.2, -0.15) is 0 Å². The zero-order valence-corrected chi connectivity index (χ0v) is 16.6. The molecule has 4 fully saturated rings. The number of hydrogen-bond donors (Lipinski definition) is 2. The third kappa shape index (κ3) is 3.26. The molecule has 142 valence electrons. The van der Waals surface area contributed by atoms with Gasteiger partial charge in [0.25, 0.3) is 0 Å². The van der Waals surface area contributed by atoms with E-state index in [0.717, 1.165) is 43.5 Å². The molecule has 0 aliphatic heterocycles. The highest BCUT2D eigenvalue weighted by molar-refractivity contribution is 7.15. The molecule has 4 saturated carbocycles. The van der Waals surface area contributed by atoms with Crippen LogP contribution in [0.4, 0.5) is 5.13 Å². The van der Waals surface area contributed by atoms with Crippen molar-refractivity contribution >= 4 is 28.3 Å². The summed E-state index contributed by atoms with van der Waals surface area (Å²) in [4.78, 5) is 25.0. The normalized spacial score (nSPS) is 34.9. The molecule has 2 N–H and O–H groups in total. The maximum Gasteiger partial charge on any atom is 0.232 e. The van der Waals surface area contributed by atoms with Crippen LogP contribution >= 0.6 is 11.3 Å². The van der Waals surface area contributed by atoms with Crippen LogP contribution in [0.2, 0.25) is 0 Å². The van der Waals surface area contributed by atoms with Crippen molar-refractivity contribution in [3.8, 4) is 0 Å². The molecular formula is C19H28N4O2S. The van der Waals surface area contributed by atoms with E-state index in [9.17, 15) is 9.59 Å². The van der Waals surface area contributed by atoms with Crippen molar-refractivity contribution in [3.05, 3.63) is 5.01 Å². The highest BCUT2D eigenvalue weighted by Crippen LogP contribution is 2.61. The highest BCUT2D eigenvalue weighted by atomic mass is 32.1. The maximum atomic E-state index is 13.2. The summed E-state index contributed by atoms with van der Waals surface area (Å²) in [5.41, 5.74) is -0.548. The standard InChI is InChI=1S/C19H28N4O2S/c1-11(2)4-15-22-23-17(26-15)20-16(25)18-6-13-5-14(7-18)9-19(8-13,10-18)21-12(3)24/h11,13-14H,4-10H2,1-3H3,(H,21,24)(H,20,23,25)/t13-,14-,18?,19?/m0/s1. The van der Waals surface area contributed by atoms with Crippen LogP contribution < -0.4 is 10.6 Å². The largest absolute Gasteiger partial charge is 0.351 e. The van der Waals surface area contributed by atoms with Crippen molar-refractivity contribution in [1.82, 2.24) is 15.5 Å². The number of amides is 2. The average molecular weight is 377 g/mol. The van der Waals surface area contributed by atoms with Crippen LogP contribution in [0.15, 0.2) is 0 Å².